The highest BCUT2D eigenvalue weighted by Gasteiger charge is 2.08. The molecule has 3 aromatic carbocycles. The second-order valence-electron chi connectivity index (χ2n) is 6.35. The topological polar surface area (TPSA) is 127 Å². The monoisotopic (exact) mass is 406 g/mol. The molecule has 7 nitrogen and oxygen atoms in total. The zero-order valence-electron chi connectivity index (χ0n) is 15.6. The van der Waals surface area contributed by atoms with Crippen molar-refractivity contribution in [3.63, 3.8) is 0 Å². The van der Waals surface area contributed by atoms with E-state index < -0.39 is 23.2 Å². The Bertz CT molecular complexity index is 1110. The molecule has 3 aromatic rings. The third-order valence-electron chi connectivity index (χ3n) is 4.00. The van der Waals surface area contributed by atoms with Crippen molar-refractivity contribution >= 4 is 24.2 Å². The molecule has 7 heteroatoms. The number of rotatable bonds is 5. The average molecular weight is 406 g/mol. The maximum Gasteiger partial charge on any atom is 0.336 e. The molecule has 0 unspecified atom stereocenters. The second kappa shape index (κ2) is 8.74. The van der Waals surface area contributed by atoms with Gasteiger partial charge in [-0.2, -0.15) is 0 Å². The smallest absolute Gasteiger partial charge is 0.336 e. The molecule has 0 aliphatic heterocycles. The van der Waals surface area contributed by atoms with Crippen molar-refractivity contribution in [2.45, 2.75) is 0 Å². The van der Waals surface area contributed by atoms with E-state index in [0.29, 0.717) is 5.56 Å². The maximum absolute atomic E-state index is 12.0. The summed E-state index contributed by atoms with van der Waals surface area (Å²) in [7, 11) is 0. The Morgan fingerprint density at radius 3 is 1.93 bits per heavy atom. The minimum Gasteiger partial charge on any atom is -0.508 e. The lowest BCUT2D eigenvalue weighted by Gasteiger charge is -2.05. The van der Waals surface area contributed by atoms with Crippen molar-refractivity contribution in [2.75, 3.05) is 0 Å². The number of phenolic OH excluding ortho intramolecular Hbond substituents is 5. The minimum atomic E-state index is -0.749. The first-order valence-corrected chi connectivity index (χ1v) is 8.76. The molecule has 0 aliphatic rings. The Balaban J connectivity index is 1.71. The van der Waals surface area contributed by atoms with Crippen molar-refractivity contribution in [2.24, 2.45) is 0 Å². The van der Waals surface area contributed by atoms with E-state index in [1.807, 2.05) is 0 Å². The van der Waals surface area contributed by atoms with E-state index in [0.717, 1.165) is 11.6 Å². The van der Waals surface area contributed by atoms with E-state index in [1.165, 1.54) is 30.3 Å². The van der Waals surface area contributed by atoms with Crippen molar-refractivity contribution in [1.29, 1.82) is 0 Å². The number of phenols is 5. The summed E-state index contributed by atoms with van der Waals surface area (Å²) in [5.74, 6) is -2.27. The highest BCUT2D eigenvalue weighted by molar-refractivity contribution is 5.89. The van der Waals surface area contributed by atoms with Crippen LogP contribution in [0.5, 0.6) is 34.5 Å². The number of esters is 1. The van der Waals surface area contributed by atoms with E-state index in [1.54, 1.807) is 42.5 Å². The fourth-order valence-corrected chi connectivity index (χ4v) is 2.57. The van der Waals surface area contributed by atoms with Gasteiger partial charge in [-0.05, 0) is 59.2 Å². The van der Waals surface area contributed by atoms with Gasteiger partial charge in [-0.25, -0.2) is 4.79 Å². The molecular formula is C23H18O7. The van der Waals surface area contributed by atoms with Gasteiger partial charge >= 0.3 is 5.97 Å². The molecule has 0 radical (unpaired) electrons. The number of hydrogen-bond donors (Lipinski definition) is 5. The predicted octanol–water partition coefficient (Wildman–Crippen LogP) is 4.00. The van der Waals surface area contributed by atoms with Gasteiger partial charge in [0.1, 0.15) is 17.2 Å². The van der Waals surface area contributed by atoms with E-state index in [4.69, 9.17) is 4.74 Å². The fraction of sp³-hybridized carbons (Fsp3) is 0. The largest absolute Gasteiger partial charge is 0.508 e. The molecule has 0 aliphatic carbocycles. The second-order valence-corrected chi connectivity index (χ2v) is 6.35. The Hall–Kier alpha value is -4.39. The molecule has 30 heavy (non-hydrogen) atoms. The Morgan fingerprint density at radius 1 is 0.667 bits per heavy atom. The summed E-state index contributed by atoms with van der Waals surface area (Å²) >= 11 is 0. The van der Waals surface area contributed by atoms with E-state index in [9.17, 15) is 30.3 Å². The van der Waals surface area contributed by atoms with E-state index >= 15 is 0 Å². The lowest BCUT2D eigenvalue weighted by molar-refractivity contribution is -0.128. The molecule has 0 spiro atoms. The SMILES string of the molecule is O=C(/C=C/c1cc(O)c(O)c(O)c1)Oc1cc(O)cc(/C=C/c2ccc(O)cc2)c1. The van der Waals surface area contributed by atoms with Crippen molar-refractivity contribution in [3.05, 3.63) is 77.4 Å². The van der Waals surface area contributed by atoms with Gasteiger partial charge in [-0.3, -0.25) is 0 Å². The molecule has 0 bridgehead atoms. The normalized spacial score (nSPS) is 11.2. The third kappa shape index (κ3) is 5.32. The number of hydrogen-bond acceptors (Lipinski definition) is 7. The Kier molecular flexibility index (Phi) is 5.93. The van der Waals surface area contributed by atoms with Gasteiger partial charge in [0, 0.05) is 12.1 Å². The van der Waals surface area contributed by atoms with Crippen LogP contribution in [0, 0.1) is 0 Å². The van der Waals surface area contributed by atoms with Crippen LogP contribution in [0.3, 0.4) is 0 Å². The van der Waals surface area contributed by atoms with Crippen LogP contribution in [0.4, 0.5) is 0 Å². The zero-order chi connectivity index (χ0) is 21.7. The highest BCUT2D eigenvalue weighted by atomic mass is 16.5. The number of carbonyl (C=O) groups excluding carboxylic acids is 1. The van der Waals surface area contributed by atoms with Gasteiger partial charge in [-0.1, -0.05) is 24.3 Å². The van der Waals surface area contributed by atoms with Crippen LogP contribution in [0.15, 0.2) is 60.7 Å². The first-order chi connectivity index (χ1) is 14.3. The number of benzene rings is 3. The molecule has 152 valence electrons. The lowest BCUT2D eigenvalue weighted by Crippen LogP contribution is -2.03. The van der Waals surface area contributed by atoms with Gasteiger partial charge in [0.15, 0.2) is 17.2 Å². The molecule has 5 N–H and O–H groups in total. The summed E-state index contributed by atoms with van der Waals surface area (Å²) in [5, 5.41) is 47.5. The van der Waals surface area contributed by atoms with Gasteiger partial charge < -0.3 is 30.3 Å². The summed E-state index contributed by atoms with van der Waals surface area (Å²) in [6, 6.07) is 13.2. The first kappa shape index (κ1) is 20.3. The van der Waals surface area contributed by atoms with Crippen LogP contribution in [0.2, 0.25) is 0 Å². The Morgan fingerprint density at radius 2 is 1.27 bits per heavy atom. The van der Waals surface area contributed by atoms with Crippen LogP contribution >= 0.6 is 0 Å². The van der Waals surface area contributed by atoms with Crippen LogP contribution in [-0.2, 0) is 4.79 Å². The zero-order valence-corrected chi connectivity index (χ0v) is 15.6. The van der Waals surface area contributed by atoms with Crippen LogP contribution < -0.4 is 4.74 Å². The summed E-state index contributed by atoms with van der Waals surface area (Å²) in [6.45, 7) is 0. The molecule has 0 aromatic heterocycles. The van der Waals surface area contributed by atoms with Crippen molar-refractivity contribution in [3.8, 4) is 34.5 Å². The number of carbonyl (C=O) groups is 1. The number of aromatic hydroxyl groups is 5. The van der Waals surface area contributed by atoms with E-state index in [-0.39, 0.29) is 22.8 Å². The van der Waals surface area contributed by atoms with Gasteiger partial charge in [0.2, 0.25) is 0 Å². The van der Waals surface area contributed by atoms with Crippen LogP contribution in [-0.4, -0.2) is 31.5 Å². The van der Waals surface area contributed by atoms with Gasteiger partial charge in [0.25, 0.3) is 0 Å². The molecule has 0 heterocycles. The van der Waals surface area contributed by atoms with Crippen LogP contribution in [0.25, 0.3) is 18.2 Å². The van der Waals surface area contributed by atoms with Crippen molar-refractivity contribution < 1.29 is 35.1 Å². The van der Waals surface area contributed by atoms with Crippen LogP contribution in [0.1, 0.15) is 16.7 Å². The maximum atomic E-state index is 12.0. The summed E-state index contributed by atoms with van der Waals surface area (Å²) in [6.07, 6.45) is 5.83. The standard InChI is InChI=1S/C23H18O7/c24-17-6-3-14(4-7-17)1-2-15-9-18(25)13-19(10-15)30-22(28)8-5-16-11-20(26)23(29)21(27)12-16/h1-13,24-27,29H/b2-1+,8-5+. The summed E-state index contributed by atoms with van der Waals surface area (Å²) in [4.78, 5) is 12.0. The van der Waals surface area contributed by atoms with E-state index in [2.05, 4.69) is 0 Å². The fourth-order valence-electron chi connectivity index (χ4n) is 2.57. The highest BCUT2D eigenvalue weighted by Crippen LogP contribution is 2.35. The average Bonchev–Trinajstić information content (AvgIpc) is 2.69. The summed E-state index contributed by atoms with van der Waals surface area (Å²) in [5.41, 5.74) is 1.69. The predicted molar refractivity (Wildman–Crippen MR) is 111 cm³/mol. The molecular weight excluding hydrogens is 388 g/mol. The molecule has 0 saturated heterocycles. The van der Waals surface area contributed by atoms with Gasteiger partial charge in [0.05, 0.1) is 0 Å². The van der Waals surface area contributed by atoms with Gasteiger partial charge in [-0.15, -0.1) is 0 Å². The molecule has 0 saturated carbocycles. The molecule has 0 amide bonds. The lowest BCUT2D eigenvalue weighted by atomic mass is 10.1. The Labute approximate surface area is 171 Å². The third-order valence-corrected chi connectivity index (χ3v) is 4.00. The summed E-state index contributed by atoms with van der Waals surface area (Å²) < 4.78 is 5.18. The van der Waals surface area contributed by atoms with Crippen molar-refractivity contribution in [1.82, 2.24) is 0 Å². The molecule has 0 fully saturated rings. The first-order valence-electron chi connectivity index (χ1n) is 8.76. The quantitative estimate of drug-likeness (QED) is 0.142. The molecule has 3 rings (SSSR count). The molecule has 0 atom stereocenters. The number of ether oxygens (including phenoxy) is 1. The minimum absolute atomic E-state index is 0.0944.